The summed E-state index contributed by atoms with van der Waals surface area (Å²) in [5.41, 5.74) is 2.62. The first-order valence-electron chi connectivity index (χ1n) is 5.90. The topological polar surface area (TPSA) is 55.5 Å². The second kappa shape index (κ2) is 5.23. The highest BCUT2D eigenvalue weighted by atomic mass is 16.5. The maximum Gasteiger partial charge on any atom is 0.134 e. The van der Waals surface area contributed by atoms with Gasteiger partial charge in [0.05, 0.1) is 6.10 Å². The quantitative estimate of drug-likeness (QED) is 0.902. The average Bonchev–Trinajstić information content (AvgIpc) is 2.73. The number of rotatable bonds is 4. The van der Waals surface area contributed by atoms with Crippen LogP contribution in [-0.2, 0) is 6.61 Å². The molecule has 2 aromatic rings. The summed E-state index contributed by atoms with van der Waals surface area (Å²) in [6.45, 7) is 5.88. The Hall–Kier alpha value is -1.81. The molecule has 0 spiro atoms. The van der Waals surface area contributed by atoms with Crippen molar-refractivity contribution < 1.29 is 14.4 Å². The second-order valence-electron chi connectivity index (χ2n) is 4.43. The molecular weight excluding hydrogens is 230 g/mol. The van der Waals surface area contributed by atoms with Crippen molar-refractivity contribution in [1.29, 1.82) is 0 Å². The van der Waals surface area contributed by atoms with Gasteiger partial charge in [0.2, 0.25) is 0 Å². The van der Waals surface area contributed by atoms with Gasteiger partial charge in [-0.05, 0) is 32.9 Å². The molecule has 1 aromatic heterocycles. The molecule has 0 aliphatic carbocycles. The van der Waals surface area contributed by atoms with Crippen LogP contribution in [0.2, 0.25) is 0 Å². The summed E-state index contributed by atoms with van der Waals surface area (Å²) in [4.78, 5) is 0. The van der Waals surface area contributed by atoms with Crippen LogP contribution in [0.25, 0.3) is 0 Å². The zero-order chi connectivity index (χ0) is 13.1. The Morgan fingerprint density at radius 3 is 2.72 bits per heavy atom. The Morgan fingerprint density at radius 2 is 2.11 bits per heavy atom. The second-order valence-corrected chi connectivity index (χ2v) is 4.43. The van der Waals surface area contributed by atoms with E-state index in [1.165, 1.54) is 0 Å². The first-order chi connectivity index (χ1) is 8.56. The fourth-order valence-electron chi connectivity index (χ4n) is 1.76. The van der Waals surface area contributed by atoms with Gasteiger partial charge in [0, 0.05) is 11.6 Å². The number of nitrogens with zero attached hydrogens (tertiary/aromatic N) is 1. The summed E-state index contributed by atoms with van der Waals surface area (Å²) in [5, 5.41) is 13.6. The fourth-order valence-corrected chi connectivity index (χ4v) is 1.76. The van der Waals surface area contributed by atoms with Crippen molar-refractivity contribution in [1.82, 2.24) is 5.16 Å². The summed E-state index contributed by atoms with van der Waals surface area (Å²) < 4.78 is 10.6. The van der Waals surface area contributed by atoms with Gasteiger partial charge in [-0.2, -0.15) is 0 Å². The van der Waals surface area contributed by atoms with E-state index in [0.29, 0.717) is 12.4 Å². The molecule has 4 heteroatoms. The van der Waals surface area contributed by atoms with Crippen molar-refractivity contribution in [3.8, 4) is 5.75 Å². The molecule has 0 bridgehead atoms. The number of benzene rings is 1. The molecule has 0 aliphatic rings. The van der Waals surface area contributed by atoms with Gasteiger partial charge in [-0.15, -0.1) is 0 Å². The molecule has 0 radical (unpaired) electrons. The first-order valence-corrected chi connectivity index (χ1v) is 5.90. The molecule has 4 nitrogen and oxygen atoms in total. The Kier molecular flexibility index (Phi) is 3.67. The minimum absolute atomic E-state index is 0.333. The van der Waals surface area contributed by atoms with Crippen molar-refractivity contribution in [2.75, 3.05) is 0 Å². The molecule has 96 valence electrons. The van der Waals surface area contributed by atoms with Crippen LogP contribution in [-0.4, -0.2) is 10.3 Å². The summed E-state index contributed by atoms with van der Waals surface area (Å²) in [6, 6.07) is 7.57. The largest absolute Gasteiger partial charge is 0.487 e. The summed E-state index contributed by atoms with van der Waals surface area (Å²) in [5.74, 6) is 1.43. The van der Waals surface area contributed by atoms with Crippen LogP contribution >= 0.6 is 0 Å². The van der Waals surface area contributed by atoms with E-state index >= 15 is 0 Å². The van der Waals surface area contributed by atoms with Crippen LogP contribution in [0.1, 0.15) is 35.6 Å². The van der Waals surface area contributed by atoms with Crippen LogP contribution in [0.5, 0.6) is 5.75 Å². The molecule has 1 aromatic carbocycles. The number of aryl methyl sites for hydroxylation is 2. The van der Waals surface area contributed by atoms with Gasteiger partial charge in [-0.25, -0.2) is 0 Å². The number of aromatic nitrogens is 1. The first kappa shape index (κ1) is 12.6. The Balaban J connectivity index is 2.13. The summed E-state index contributed by atoms with van der Waals surface area (Å²) >= 11 is 0. The number of hydrogen-bond acceptors (Lipinski definition) is 4. The Morgan fingerprint density at radius 1 is 1.33 bits per heavy atom. The van der Waals surface area contributed by atoms with Gasteiger partial charge >= 0.3 is 0 Å². The van der Waals surface area contributed by atoms with Crippen molar-refractivity contribution >= 4 is 0 Å². The lowest BCUT2D eigenvalue weighted by molar-refractivity contribution is 0.189. The lowest BCUT2D eigenvalue weighted by atomic mass is 10.1. The van der Waals surface area contributed by atoms with Gasteiger partial charge in [0.15, 0.2) is 0 Å². The van der Waals surface area contributed by atoms with Crippen molar-refractivity contribution in [2.24, 2.45) is 0 Å². The Bertz CT molecular complexity index is 532. The Labute approximate surface area is 106 Å². The third kappa shape index (κ3) is 2.90. The number of aliphatic hydroxyl groups is 1. The van der Waals surface area contributed by atoms with Crippen molar-refractivity contribution in [3.63, 3.8) is 0 Å². The molecule has 18 heavy (non-hydrogen) atoms. The number of hydrogen-bond donors (Lipinski definition) is 1. The molecule has 1 atom stereocenters. The van der Waals surface area contributed by atoms with E-state index in [1.54, 1.807) is 6.92 Å². The minimum Gasteiger partial charge on any atom is -0.487 e. The molecule has 0 saturated heterocycles. The molecule has 1 heterocycles. The predicted octanol–water partition coefficient (Wildman–Crippen LogP) is 2.92. The number of ether oxygens (including phenoxy) is 1. The zero-order valence-electron chi connectivity index (χ0n) is 10.8. The standard InChI is InChI=1S/C14H17NO3/c1-9-4-5-14(13(6-9)11(3)16)17-8-12-7-10(2)18-15-12/h4-7,11,16H,8H2,1-3H3. The van der Waals surface area contributed by atoms with E-state index in [9.17, 15) is 5.11 Å². The maximum atomic E-state index is 9.72. The van der Waals surface area contributed by atoms with Gasteiger partial charge in [0.25, 0.3) is 0 Å². The van der Waals surface area contributed by atoms with E-state index in [2.05, 4.69) is 5.16 Å². The van der Waals surface area contributed by atoms with Gasteiger partial charge in [0.1, 0.15) is 23.8 Å². The lowest BCUT2D eigenvalue weighted by Crippen LogP contribution is -2.01. The maximum absolute atomic E-state index is 9.72. The van der Waals surface area contributed by atoms with Gasteiger partial charge in [-0.3, -0.25) is 0 Å². The van der Waals surface area contributed by atoms with Gasteiger partial charge < -0.3 is 14.4 Å². The molecule has 2 rings (SSSR count). The fraction of sp³-hybridized carbons (Fsp3) is 0.357. The number of aliphatic hydroxyl groups excluding tert-OH is 1. The molecule has 0 fully saturated rings. The van der Waals surface area contributed by atoms with Crippen LogP contribution < -0.4 is 4.74 Å². The normalized spacial score (nSPS) is 12.4. The summed E-state index contributed by atoms with van der Waals surface area (Å²) in [6.07, 6.45) is -0.557. The minimum atomic E-state index is -0.557. The molecule has 1 unspecified atom stereocenters. The van der Waals surface area contributed by atoms with Gasteiger partial charge in [-0.1, -0.05) is 16.8 Å². The van der Waals surface area contributed by atoms with Crippen LogP contribution in [0.15, 0.2) is 28.8 Å². The summed E-state index contributed by atoms with van der Waals surface area (Å²) in [7, 11) is 0. The van der Waals surface area contributed by atoms with Crippen LogP contribution in [0.3, 0.4) is 0 Å². The van der Waals surface area contributed by atoms with E-state index in [0.717, 1.165) is 22.6 Å². The smallest absolute Gasteiger partial charge is 0.134 e. The van der Waals surface area contributed by atoms with E-state index in [4.69, 9.17) is 9.26 Å². The molecular formula is C14H17NO3. The third-order valence-electron chi connectivity index (χ3n) is 2.67. The van der Waals surface area contributed by atoms with Crippen molar-refractivity contribution in [2.45, 2.75) is 33.5 Å². The molecule has 0 amide bonds. The van der Waals surface area contributed by atoms with Crippen LogP contribution in [0.4, 0.5) is 0 Å². The zero-order valence-corrected chi connectivity index (χ0v) is 10.8. The lowest BCUT2D eigenvalue weighted by Gasteiger charge is -2.13. The highest BCUT2D eigenvalue weighted by molar-refractivity contribution is 5.38. The predicted molar refractivity (Wildman–Crippen MR) is 67.4 cm³/mol. The highest BCUT2D eigenvalue weighted by Gasteiger charge is 2.10. The SMILES string of the molecule is Cc1ccc(OCc2cc(C)on2)c(C(C)O)c1. The van der Waals surface area contributed by atoms with Crippen molar-refractivity contribution in [3.05, 3.63) is 46.8 Å². The van der Waals surface area contributed by atoms with E-state index < -0.39 is 6.10 Å². The van der Waals surface area contributed by atoms with E-state index in [-0.39, 0.29) is 0 Å². The van der Waals surface area contributed by atoms with Crippen LogP contribution in [0, 0.1) is 13.8 Å². The third-order valence-corrected chi connectivity index (χ3v) is 2.67. The highest BCUT2D eigenvalue weighted by Crippen LogP contribution is 2.26. The molecule has 0 saturated carbocycles. The monoisotopic (exact) mass is 247 g/mol. The van der Waals surface area contributed by atoms with E-state index in [1.807, 2.05) is 38.1 Å². The molecule has 1 N–H and O–H groups in total. The molecule has 0 aliphatic heterocycles. The average molecular weight is 247 g/mol.